The fourth-order valence-electron chi connectivity index (χ4n) is 10.6. The van der Waals surface area contributed by atoms with Crippen LogP contribution in [0.25, 0.3) is 130 Å². The Labute approximate surface area is 388 Å². The van der Waals surface area contributed by atoms with E-state index >= 15 is 0 Å². The Morgan fingerprint density at radius 1 is 0.348 bits per heavy atom. The highest BCUT2D eigenvalue weighted by Gasteiger charge is 2.35. The van der Waals surface area contributed by atoms with Gasteiger partial charge in [0.05, 0.1) is 0 Å². The average Bonchev–Trinajstić information content (AvgIpc) is 4.11. The van der Waals surface area contributed by atoms with Crippen molar-refractivity contribution in [1.29, 1.82) is 0 Å². The molecule has 0 saturated carbocycles. The molecule has 0 atom stereocenters. The normalized spacial score (nSPS) is 13.1. The molecule has 310 valence electrons. The monoisotopic (exact) mass is 879 g/mol. The lowest BCUT2D eigenvalue weighted by atomic mass is 9.82. The largest absolute Gasteiger partial charge is 0.456 e. The highest BCUT2D eigenvalue weighted by molar-refractivity contribution is 7.26. The summed E-state index contributed by atoms with van der Waals surface area (Å²) in [6.07, 6.45) is 0. The molecule has 0 N–H and O–H groups in total. The van der Waals surface area contributed by atoms with E-state index in [1.807, 2.05) is 53.0 Å². The number of hydrogen-bond donors (Lipinski definition) is 0. The molecule has 4 aromatic heterocycles. The second kappa shape index (κ2) is 14.1. The molecule has 0 amide bonds. The Balaban J connectivity index is 0.944. The van der Waals surface area contributed by atoms with E-state index in [0.29, 0.717) is 17.5 Å². The Morgan fingerprint density at radius 2 is 0.939 bits per heavy atom. The van der Waals surface area contributed by atoms with Gasteiger partial charge in [-0.05, 0) is 93.0 Å². The first-order valence-corrected chi connectivity index (χ1v) is 24.0. The molecule has 13 aromatic rings. The van der Waals surface area contributed by atoms with E-state index in [1.54, 1.807) is 0 Å². The summed E-state index contributed by atoms with van der Waals surface area (Å²) in [6, 6.07) is 67.6. The molecular formula is C60H37N3OS2. The number of nitrogens with zero attached hydrogens (tertiary/aromatic N) is 3. The zero-order valence-corrected chi connectivity index (χ0v) is 37.6. The van der Waals surface area contributed by atoms with Crippen molar-refractivity contribution in [2.75, 3.05) is 0 Å². The van der Waals surface area contributed by atoms with E-state index in [2.05, 4.69) is 172 Å². The number of thiophene rings is 2. The average molecular weight is 880 g/mol. The molecule has 0 bridgehead atoms. The smallest absolute Gasteiger partial charge is 0.164 e. The van der Waals surface area contributed by atoms with Gasteiger partial charge in [-0.15, -0.1) is 22.7 Å². The summed E-state index contributed by atoms with van der Waals surface area (Å²) in [5, 5.41) is 7.19. The Bertz CT molecular complexity index is 4160. The number of hydrogen-bond acceptors (Lipinski definition) is 6. The van der Waals surface area contributed by atoms with Crippen molar-refractivity contribution in [2.24, 2.45) is 0 Å². The number of benzene rings is 9. The lowest BCUT2D eigenvalue weighted by Gasteiger charge is -2.21. The fraction of sp³-hybridized carbons (Fsp3) is 0.0500. The summed E-state index contributed by atoms with van der Waals surface area (Å²) in [6.45, 7) is 4.61. The zero-order valence-electron chi connectivity index (χ0n) is 36.0. The van der Waals surface area contributed by atoms with Crippen LogP contribution in [0, 0.1) is 0 Å². The molecular weight excluding hydrogens is 843 g/mol. The second-order valence-corrected chi connectivity index (χ2v) is 20.0. The minimum absolute atomic E-state index is 0.158. The first kappa shape index (κ1) is 37.6. The van der Waals surface area contributed by atoms with Crippen LogP contribution >= 0.6 is 22.7 Å². The van der Waals surface area contributed by atoms with Crippen molar-refractivity contribution in [3.63, 3.8) is 0 Å². The summed E-state index contributed by atoms with van der Waals surface area (Å²) in [7, 11) is 0. The highest BCUT2D eigenvalue weighted by Crippen LogP contribution is 2.50. The highest BCUT2D eigenvalue weighted by atomic mass is 32.1. The summed E-state index contributed by atoms with van der Waals surface area (Å²) in [5.41, 5.74) is 14.2. The molecule has 1 aliphatic rings. The van der Waals surface area contributed by atoms with Crippen LogP contribution in [0.3, 0.4) is 0 Å². The van der Waals surface area contributed by atoms with Gasteiger partial charge in [0.2, 0.25) is 0 Å². The first-order valence-electron chi connectivity index (χ1n) is 22.3. The number of furan rings is 1. The van der Waals surface area contributed by atoms with Crippen LogP contribution in [0.1, 0.15) is 25.0 Å². The lowest BCUT2D eigenvalue weighted by Crippen LogP contribution is -2.15. The maximum Gasteiger partial charge on any atom is 0.164 e. The van der Waals surface area contributed by atoms with Gasteiger partial charge in [-0.2, -0.15) is 0 Å². The van der Waals surface area contributed by atoms with E-state index in [9.17, 15) is 0 Å². The molecule has 0 aliphatic heterocycles. The van der Waals surface area contributed by atoms with E-state index in [0.717, 1.165) is 44.2 Å². The van der Waals surface area contributed by atoms with Crippen LogP contribution in [-0.2, 0) is 5.41 Å². The molecule has 4 nitrogen and oxygen atoms in total. The molecule has 0 unspecified atom stereocenters. The van der Waals surface area contributed by atoms with Crippen LogP contribution in [0.2, 0.25) is 0 Å². The van der Waals surface area contributed by atoms with Gasteiger partial charge in [-0.25, -0.2) is 15.0 Å². The van der Waals surface area contributed by atoms with Crippen LogP contribution < -0.4 is 0 Å². The van der Waals surface area contributed by atoms with Gasteiger partial charge in [-0.1, -0.05) is 153 Å². The van der Waals surface area contributed by atoms with Crippen molar-refractivity contribution in [2.45, 2.75) is 19.3 Å². The minimum Gasteiger partial charge on any atom is -0.456 e. The van der Waals surface area contributed by atoms with Crippen molar-refractivity contribution >= 4 is 85.0 Å². The minimum atomic E-state index is -0.158. The SMILES string of the molecule is CC1(C)c2ccccc2-c2ccc(-c3nc(-c4ccccc4)nc(-c4cccc5oc6ccc(-c7cccc8sc9cccc(-c%10ccc%11c(c%10)sc%10ccccc%10%11)c9c78)cc6c45)n3)cc21. The third kappa shape index (κ3) is 5.59. The summed E-state index contributed by atoms with van der Waals surface area (Å²) in [5.74, 6) is 1.87. The molecule has 6 heteroatoms. The molecule has 0 radical (unpaired) electrons. The number of fused-ring (bicyclic) bond motifs is 12. The maximum atomic E-state index is 6.65. The summed E-state index contributed by atoms with van der Waals surface area (Å²) < 4.78 is 11.8. The molecule has 1 aliphatic carbocycles. The third-order valence-electron chi connectivity index (χ3n) is 13.8. The fourth-order valence-corrected chi connectivity index (χ4v) is 12.9. The topological polar surface area (TPSA) is 51.8 Å². The molecule has 66 heavy (non-hydrogen) atoms. The van der Waals surface area contributed by atoms with E-state index in [-0.39, 0.29) is 5.41 Å². The third-order valence-corrected chi connectivity index (χ3v) is 16.0. The van der Waals surface area contributed by atoms with Gasteiger partial charge in [0, 0.05) is 73.2 Å². The maximum absolute atomic E-state index is 6.65. The standard InChI is InChI=1S/C60H37N3OS2/c1-60(2)46-20-8-6-15-40(46)41-28-26-37(32-47(41)60)58-61-57(34-13-4-3-5-14-34)62-59(63-58)44-19-10-21-49-54(44)45-31-35(27-30-48(45)64-49)38-17-11-23-51-55(38)56-39(18-12-24-52(56)66-51)36-25-29-43-42-16-7-9-22-50(42)65-53(43)33-36/h3-33H,1-2H3. The van der Waals surface area contributed by atoms with Crippen LogP contribution in [0.4, 0.5) is 0 Å². The molecule has 4 heterocycles. The molecule has 0 saturated heterocycles. The Morgan fingerprint density at radius 3 is 1.77 bits per heavy atom. The molecule has 0 spiro atoms. The lowest BCUT2D eigenvalue weighted by molar-refractivity contribution is 0.660. The van der Waals surface area contributed by atoms with Crippen molar-refractivity contribution < 1.29 is 4.42 Å². The van der Waals surface area contributed by atoms with E-state index in [1.165, 1.54) is 79.3 Å². The number of aromatic nitrogens is 3. The first-order chi connectivity index (χ1) is 32.4. The summed E-state index contributed by atoms with van der Waals surface area (Å²) in [4.78, 5) is 15.7. The van der Waals surface area contributed by atoms with Crippen molar-refractivity contribution in [1.82, 2.24) is 15.0 Å². The molecule has 9 aromatic carbocycles. The zero-order chi connectivity index (χ0) is 43.7. The Hall–Kier alpha value is -7.77. The Kier molecular flexibility index (Phi) is 8.04. The van der Waals surface area contributed by atoms with Crippen LogP contribution in [-0.4, -0.2) is 15.0 Å². The quantitative estimate of drug-likeness (QED) is 0.173. The van der Waals surface area contributed by atoms with Gasteiger partial charge < -0.3 is 4.42 Å². The van der Waals surface area contributed by atoms with Crippen molar-refractivity contribution in [3.05, 3.63) is 199 Å². The predicted molar refractivity (Wildman–Crippen MR) is 278 cm³/mol. The molecule has 0 fully saturated rings. The van der Waals surface area contributed by atoms with Gasteiger partial charge in [-0.3, -0.25) is 0 Å². The number of rotatable bonds is 5. The van der Waals surface area contributed by atoms with Gasteiger partial charge in [0.1, 0.15) is 11.2 Å². The van der Waals surface area contributed by atoms with Gasteiger partial charge >= 0.3 is 0 Å². The van der Waals surface area contributed by atoms with Gasteiger partial charge in [0.25, 0.3) is 0 Å². The predicted octanol–water partition coefficient (Wildman–Crippen LogP) is 17.1. The summed E-state index contributed by atoms with van der Waals surface area (Å²) >= 11 is 3.72. The second-order valence-electron chi connectivity index (χ2n) is 17.9. The molecule has 14 rings (SSSR count). The van der Waals surface area contributed by atoms with Crippen LogP contribution in [0.15, 0.2) is 192 Å². The van der Waals surface area contributed by atoms with Gasteiger partial charge in [0.15, 0.2) is 17.5 Å². The van der Waals surface area contributed by atoms with Crippen LogP contribution in [0.5, 0.6) is 0 Å². The van der Waals surface area contributed by atoms with E-state index in [4.69, 9.17) is 19.4 Å². The van der Waals surface area contributed by atoms with E-state index < -0.39 is 0 Å². The van der Waals surface area contributed by atoms with Crippen molar-refractivity contribution in [3.8, 4) is 67.5 Å².